The molecule has 2 atom stereocenters. The summed E-state index contributed by atoms with van der Waals surface area (Å²) < 4.78 is 0. The van der Waals surface area contributed by atoms with Crippen LogP contribution in [0.25, 0.3) is 0 Å². The highest BCUT2D eigenvalue weighted by Crippen LogP contribution is 2.31. The zero-order valence-corrected chi connectivity index (χ0v) is 10.2. The van der Waals surface area contributed by atoms with Gasteiger partial charge in [0.25, 0.3) is 0 Å². The Morgan fingerprint density at radius 2 is 2.00 bits per heavy atom. The topological polar surface area (TPSA) is 38.0 Å². The highest BCUT2D eigenvalue weighted by Gasteiger charge is 2.22. The fraction of sp³-hybridized carbons (Fsp3) is 0.636. The summed E-state index contributed by atoms with van der Waals surface area (Å²) in [5.41, 5.74) is 4.28. The van der Waals surface area contributed by atoms with Crippen molar-refractivity contribution in [1.82, 2.24) is 5.43 Å². The van der Waals surface area contributed by atoms with E-state index in [2.05, 4.69) is 44.6 Å². The van der Waals surface area contributed by atoms with E-state index in [4.69, 9.17) is 5.84 Å². The van der Waals surface area contributed by atoms with Crippen LogP contribution in [0.1, 0.15) is 37.3 Å². The molecule has 0 radical (unpaired) electrons. The van der Waals surface area contributed by atoms with Crippen molar-refractivity contribution in [3.05, 3.63) is 21.9 Å². The van der Waals surface area contributed by atoms with E-state index in [1.54, 1.807) is 11.3 Å². The number of hydrazine groups is 1. The molecule has 0 fully saturated rings. The maximum absolute atomic E-state index is 5.63. The average Bonchev–Trinajstić information content (AvgIpc) is 2.53. The third kappa shape index (κ3) is 2.35. The standard InChI is InChI=1S/C11H20N2S/c1-7(2)8(3)11(13-12)10-5-6-14-9(10)4/h5-8,11,13H,12H2,1-4H3. The molecule has 0 saturated carbocycles. The van der Waals surface area contributed by atoms with Gasteiger partial charge in [0, 0.05) is 10.9 Å². The van der Waals surface area contributed by atoms with E-state index >= 15 is 0 Å². The summed E-state index contributed by atoms with van der Waals surface area (Å²) in [4.78, 5) is 1.36. The fourth-order valence-corrected chi connectivity index (χ4v) is 2.38. The summed E-state index contributed by atoms with van der Waals surface area (Å²) in [6.07, 6.45) is 0. The number of aryl methyl sites for hydroxylation is 1. The lowest BCUT2D eigenvalue weighted by Gasteiger charge is -2.26. The third-order valence-electron chi connectivity index (χ3n) is 2.99. The van der Waals surface area contributed by atoms with Crippen LogP contribution in [0, 0.1) is 18.8 Å². The number of rotatable bonds is 4. The monoisotopic (exact) mass is 212 g/mol. The lowest BCUT2D eigenvalue weighted by Crippen LogP contribution is -2.34. The number of hydrogen-bond acceptors (Lipinski definition) is 3. The lowest BCUT2D eigenvalue weighted by atomic mass is 9.87. The Labute approximate surface area is 90.5 Å². The van der Waals surface area contributed by atoms with Gasteiger partial charge in [-0.1, -0.05) is 20.8 Å². The molecule has 0 spiro atoms. The van der Waals surface area contributed by atoms with Gasteiger partial charge in [-0.15, -0.1) is 11.3 Å². The Kier molecular flexibility index (Phi) is 4.11. The van der Waals surface area contributed by atoms with E-state index in [1.165, 1.54) is 10.4 Å². The van der Waals surface area contributed by atoms with Crippen molar-refractivity contribution in [2.24, 2.45) is 17.7 Å². The normalized spacial score (nSPS) is 15.9. The molecule has 0 aliphatic carbocycles. The van der Waals surface area contributed by atoms with Gasteiger partial charge in [0.15, 0.2) is 0 Å². The number of thiophene rings is 1. The second kappa shape index (κ2) is 4.91. The van der Waals surface area contributed by atoms with Crippen molar-refractivity contribution in [2.45, 2.75) is 33.7 Å². The van der Waals surface area contributed by atoms with E-state index in [0.717, 1.165) is 0 Å². The summed E-state index contributed by atoms with van der Waals surface area (Å²) in [5.74, 6) is 6.81. The first-order chi connectivity index (χ1) is 6.57. The van der Waals surface area contributed by atoms with E-state index in [9.17, 15) is 0 Å². The largest absolute Gasteiger partial charge is 0.271 e. The Morgan fingerprint density at radius 1 is 1.36 bits per heavy atom. The zero-order chi connectivity index (χ0) is 10.7. The maximum Gasteiger partial charge on any atom is 0.0498 e. The van der Waals surface area contributed by atoms with Crippen LogP contribution in [0.15, 0.2) is 11.4 Å². The van der Waals surface area contributed by atoms with Crippen molar-refractivity contribution in [2.75, 3.05) is 0 Å². The van der Waals surface area contributed by atoms with Crippen LogP contribution in [0.3, 0.4) is 0 Å². The Morgan fingerprint density at radius 3 is 2.36 bits per heavy atom. The van der Waals surface area contributed by atoms with E-state index < -0.39 is 0 Å². The molecule has 0 aliphatic heterocycles. The lowest BCUT2D eigenvalue weighted by molar-refractivity contribution is 0.306. The van der Waals surface area contributed by atoms with E-state index in [1.807, 2.05) is 0 Å². The van der Waals surface area contributed by atoms with Crippen LogP contribution in [0.5, 0.6) is 0 Å². The van der Waals surface area contributed by atoms with Crippen LogP contribution in [-0.4, -0.2) is 0 Å². The first kappa shape index (κ1) is 11.7. The Hall–Kier alpha value is -0.380. The van der Waals surface area contributed by atoms with Crippen LogP contribution in [-0.2, 0) is 0 Å². The second-order valence-electron chi connectivity index (χ2n) is 4.18. The SMILES string of the molecule is Cc1sccc1C(NN)C(C)C(C)C. The van der Waals surface area contributed by atoms with Gasteiger partial charge in [-0.25, -0.2) is 0 Å². The first-order valence-electron chi connectivity index (χ1n) is 5.08. The molecule has 3 N–H and O–H groups in total. The van der Waals surface area contributed by atoms with E-state index in [0.29, 0.717) is 11.8 Å². The fourth-order valence-electron chi connectivity index (χ4n) is 1.63. The first-order valence-corrected chi connectivity index (χ1v) is 5.96. The smallest absolute Gasteiger partial charge is 0.0498 e. The van der Waals surface area contributed by atoms with E-state index in [-0.39, 0.29) is 6.04 Å². The van der Waals surface area contributed by atoms with Gasteiger partial charge >= 0.3 is 0 Å². The molecule has 2 unspecified atom stereocenters. The molecule has 0 amide bonds. The van der Waals surface area contributed by atoms with Crippen LogP contribution < -0.4 is 11.3 Å². The molecule has 0 saturated heterocycles. The van der Waals surface area contributed by atoms with Crippen molar-refractivity contribution < 1.29 is 0 Å². The number of nitrogens with one attached hydrogen (secondary N) is 1. The summed E-state index contributed by atoms with van der Waals surface area (Å²) in [6, 6.07) is 2.45. The highest BCUT2D eigenvalue weighted by molar-refractivity contribution is 7.10. The Balaban J connectivity index is 2.87. The van der Waals surface area contributed by atoms with Gasteiger partial charge in [0.1, 0.15) is 0 Å². The van der Waals surface area contributed by atoms with Crippen molar-refractivity contribution in [1.29, 1.82) is 0 Å². The molecule has 14 heavy (non-hydrogen) atoms. The minimum absolute atomic E-state index is 0.279. The van der Waals surface area contributed by atoms with Crippen LogP contribution in [0.4, 0.5) is 0 Å². The molecule has 1 heterocycles. The Bertz CT molecular complexity index is 281. The van der Waals surface area contributed by atoms with Gasteiger partial charge in [-0.05, 0) is 35.8 Å². The minimum atomic E-state index is 0.279. The molecule has 0 aromatic carbocycles. The number of nitrogens with two attached hydrogens (primary N) is 1. The molecule has 1 aromatic rings. The van der Waals surface area contributed by atoms with Gasteiger partial charge < -0.3 is 0 Å². The molecule has 2 nitrogen and oxygen atoms in total. The van der Waals surface area contributed by atoms with Gasteiger partial charge in [-0.2, -0.15) is 0 Å². The number of hydrogen-bond donors (Lipinski definition) is 2. The second-order valence-corrected chi connectivity index (χ2v) is 5.30. The summed E-state index contributed by atoms with van der Waals surface area (Å²) in [5, 5.41) is 2.13. The molecule has 80 valence electrons. The van der Waals surface area contributed by atoms with Gasteiger partial charge in [-0.3, -0.25) is 11.3 Å². The van der Waals surface area contributed by atoms with Crippen molar-refractivity contribution >= 4 is 11.3 Å². The predicted octanol–water partition coefficient (Wildman–Crippen LogP) is 2.85. The summed E-state index contributed by atoms with van der Waals surface area (Å²) >= 11 is 1.78. The third-order valence-corrected chi connectivity index (χ3v) is 3.85. The van der Waals surface area contributed by atoms with Crippen LogP contribution in [0.2, 0.25) is 0 Å². The molecule has 1 aromatic heterocycles. The zero-order valence-electron chi connectivity index (χ0n) is 9.37. The van der Waals surface area contributed by atoms with Crippen LogP contribution >= 0.6 is 11.3 Å². The quantitative estimate of drug-likeness (QED) is 0.595. The molecule has 1 rings (SSSR count). The summed E-state index contributed by atoms with van der Waals surface area (Å²) in [6.45, 7) is 8.86. The molecular formula is C11H20N2S. The minimum Gasteiger partial charge on any atom is -0.271 e. The molecular weight excluding hydrogens is 192 g/mol. The summed E-state index contributed by atoms with van der Waals surface area (Å²) in [7, 11) is 0. The van der Waals surface area contributed by atoms with Crippen molar-refractivity contribution in [3.8, 4) is 0 Å². The van der Waals surface area contributed by atoms with Crippen molar-refractivity contribution in [3.63, 3.8) is 0 Å². The average molecular weight is 212 g/mol. The predicted molar refractivity (Wildman–Crippen MR) is 63.1 cm³/mol. The van der Waals surface area contributed by atoms with Gasteiger partial charge in [0.05, 0.1) is 0 Å². The van der Waals surface area contributed by atoms with Gasteiger partial charge in [0.2, 0.25) is 0 Å². The maximum atomic E-state index is 5.63. The highest BCUT2D eigenvalue weighted by atomic mass is 32.1. The molecule has 0 bridgehead atoms. The molecule has 3 heteroatoms. The molecule has 0 aliphatic rings.